The van der Waals surface area contributed by atoms with Gasteiger partial charge in [-0.25, -0.2) is 0 Å². The maximum atomic E-state index is 10.5. The molecule has 0 saturated heterocycles. The van der Waals surface area contributed by atoms with Crippen molar-refractivity contribution in [2.75, 3.05) is 0 Å². The van der Waals surface area contributed by atoms with Crippen LogP contribution in [0.3, 0.4) is 0 Å². The molecule has 0 aromatic heterocycles. The third kappa shape index (κ3) is 3.44. The zero-order valence-corrected chi connectivity index (χ0v) is 8.44. The van der Waals surface area contributed by atoms with E-state index >= 15 is 0 Å². The molecule has 1 aromatic rings. The normalized spacial score (nSPS) is 12.7. The molecular formula is C12H14O2. The lowest BCUT2D eigenvalue weighted by molar-refractivity contribution is -0.135. The van der Waals surface area contributed by atoms with Crippen molar-refractivity contribution in [1.82, 2.24) is 0 Å². The summed E-state index contributed by atoms with van der Waals surface area (Å²) in [6.45, 7) is 3.44. The highest BCUT2D eigenvalue weighted by Crippen LogP contribution is 2.15. The molecule has 0 aliphatic heterocycles. The van der Waals surface area contributed by atoms with Crippen molar-refractivity contribution >= 4 is 5.97 Å². The van der Waals surface area contributed by atoms with Crippen LogP contribution in [0, 0.1) is 0 Å². The fourth-order valence-corrected chi connectivity index (χ4v) is 1.12. The van der Waals surface area contributed by atoms with Crippen molar-refractivity contribution < 1.29 is 9.53 Å². The number of esters is 1. The Kier molecular flexibility index (Phi) is 3.92. The Labute approximate surface area is 84.2 Å². The molecule has 1 unspecified atom stereocenters. The van der Waals surface area contributed by atoms with Crippen LogP contribution in [0.1, 0.15) is 25.3 Å². The van der Waals surface area contributed by atoms with Crippen molar-refractivity contribution in [1.29, 1.82) is 0 Å². The van der Waals surface area contributed by atoms with Crippen LogP contribution in [-0.4, -0.2) is 5.97 Å². The number of ether oxygens (including phenoxy) is 1. The van der Waals surface area contributed by atoms with Crippen molar-refractivity contribution in [2.45, 2.75) is 19.8 Å². The summed E-state index contributed by atoms with van der Waals surface area (Å²) in [5, 5.41) is 0. The molecule has 2 heteroatoms. The van der Waals surface area contributed by atoms with E-state index in [9.17, 15) is 4.79 Å². The third-order valence-corrected chi connectivity index (χ3v) is 1.93. The number of carbonyl (C=O) groups excluding carboxylic acids is 1. The summed E-state index contributed by atoms with van der Waals surface area (Å²) < 4.78 is 4.71. The smallest absolute Gasteiger partial charge is 0.307 e. The predicted octanol–water partition coefficient (Wildman–Crippen LogP) is 2.87. The Morgan fingerprint density at radius 2 is 2.00 bits per heavy atom. The second kappa shape index (κ2) is 5.22. The Bertz CT molecular complexity index is 314. The summed E-state index contributed by atoms with van der Waals surface area (Å²) in [5.41, 5.74) is 1.20. The summed E-state index contributed by atoms with van der Waals surface area (Å²) in [5.74, 6) is -0.0305. The Balaban J connectivity index is 2.54. The van der Waals surface area contributed by atoms with Crippen LogP contribution in [0.15, 0.2) is 42.7 Å². The number of hydrogen-bond acceptors (Lipinski definition) is 2. The minimum atomic E-state index is -0.290. The quantitative estimate of drug-likeness (QED) is 0.541. The monoisotopic (exact) mass is 190 g/mol. The molecular weight excluding hydrogens is 176 g/mol. The van der Waals surface area contributed by atoms with E-state index in [2.05, 4.69) is 6.92 Å². The molecule has 1 atom stereocenters. The number of hydrogen-bond donors (Lipinski definition) is 0. The van der Waals surface area contributed by atoms with Gasteiger partial charge in [0.05, 0.1) is 6.26 Å². The van der Waals surface area contributed by atoms with Gasteiger partial charge in [0.15, 0.2) is 0 Å². The lowest BCUT2D eigenvalue weighted by Gasteiger charge is -2.05. The third-order valence-electron chi connectivity index (χ3n) is 1.93. The zero-order chi connectivity index (χ0) is 10.4. The number of allylic oxidation sites excluding steroid dienone is 1. The van der Waals surface area contributed by atoms with Crippen LogP contribution < -0.4 is 0 Å². The standard InChI is InChI=1S/C12H14O2/c1-10(8-9-14-11(2)13)12-6-4-3-5-7-12/h3-10H,1-2H3. The largest absolute Gasteiger partial charge is 0.435 e. The summed E-state index contributed by atoms with van der Waals surface area (Å²) in [6.07, 6.45) is 3.30. The lowest BCUT2D eigenvalue weighted by atomic mass is 10.0. The minimum absolute atomic E-state index is 0.260. The highest BCUT2D eigenvalue weighted by atomic mass is 16.5. The maximum Gasteiger partial charge on any atom is 0.307 e. The first-order chi connectivity index (χ1) is 6.70. The van der Waals surface area contributed by atoms with Crippen LogP contribution in [0.2, 0.25) is 0 Å². The van der Waals surface area contributed by atoms with Gasteiger partial charge in [-0.05, 0) is 11.6 Å². The van der Waals surface area contributed by atoms with Gasteiger partial charge in [0, 0.05) is 12.8 Å². The topological polar surface area (TPSA) is 26.3 Å². The Morgan fingerprint density at radius 3 is 2.57 bits per heavy atom. The second-order valence-electron chi connectivity index (χ2n) is 3.14. The van der Waals surface area contributed by atoms with Gasteiger partial charge in [0.25, 0.3) is 0 Å². The molecule has 0 aliphatic carbocycles. The fourth-order valence-electron chi connectivity index (χ4n) is 1.12. The van der Waals surface area contributed by atoms with Crippen LogP contribution in [0.4, 0.5) is 0 Å². The van der Waals surface area contributed by atoms with Gasteiger partial charge in [0.1, 0.15) is 0 Å². The van der Waals surface area contributed by atoms with Gasteiger partial charge in [-0.2, -0.15) is 0 Å². The molecule has 0 radical (unpaired) electrons. The van der Waals surface area contributed by atoms with Crippen LogP contribution in [0.5, 0.6) is 0 Å². The van der Waals surface area contributed by atoms with Crippen molar-refractivity contribution in [2.24, 2.45) is 0 Å². The van der Waals surface area contributed by atoms with E-state index < -0.39 is 0 Å². The Morgan fingerprint density at radius 1 is 1.36 bits per heavy atom. The molecule has 0 amide bonds. The zero-order valence-electron chi connectivity index (χ0n) is 8.44. The van der Waals surface area contributed by atoms with Crippen LogP contribution in [0.25, 0.3) is 0 Å². The lowest BCUT2D eigenvalue weighted by Crippen LogP contribution is -1.92. The molecule has 14 heavy (non-hydrogen) atoms. The molecule has 0 bridgehead atoms. The van der Waals surface area contributed by atoms with Crippen molar-refractivity contribution in [3.63, 3.8) is 0 Å². The molecule has 1 aromatic carbocycles. The molecule has 0 saturated carbocycles. The maximum absolute atomic E-state index is 10.5. The number of rotatable bonds is 3. The molecule has 0 spiro atoms. The van der Waals surface area contributed by atoms with E-state index in [1.807, 2.05) is 36.4 Å². The van der Waals surface area contributed by atoms with Gasteiger partial charge in [-0.3, -0.25) is 4.79 Å². The van der Waals surface area contributed by atoms with Crippen LogP contribution >= 0.6 is 0 Å². The van der Waals surface area contributed by atoms with E-state index in [1.165, 1.54) is 18.7 Å². The van der Waals surface area contributed by atoms with Gasteiger partial charge < -0.3 is 4.74 Å². The molecule has 2 nitrogen and oxygen atoms in total. The molecule has 0 heterocycles. The van der Waals surface area contributed by atoms with E-state index in [0.717, 1.165) is 0 Å². The second-order valence-corrected chi connectivity index (χ2v) is 3.14. The number of benzene rings is 1. The van der Waals surface area contributed by atoms with Crippen LogP contribution in [-0.2, 0) is 9.53 Å². The van der Waals surface area contributed by atoms with Crippen molar-refractivity contribution in [3.05, 3.63) is 48.2 Å². The predicted molar refractivity (Wildman–Crippen MR) is 55.8 cm³/mol. The highest BCUT2D eigenvalue weighted by Gasteiger charge is 1.99. The highest BCUT2D eigenvalue weighted by molar-refractivity contribution is 5.66. The first-order valence-corrected chi connectivity index (χ1v) is 4.59. The van der Waals surface area contributed by atoms with Crippen molar-refractivity contribution in [3.8, 4) is 0 Å². The van der Waals surface area contributed by atoms with E-state index in [1.54, 1.807) is 0 Å². The van der Waals surface area contributed by atoms with Gasteiger partial charge in [-0.15, -0.1) is 0 Å². The average molecular weight is 190 g/mol. The summed E-state index contributed by atoms with van der Waals surface area (Å²) in [7, 11) is 0. The molecule has 1 rings (SSSR count). The van der Waals surface area contributed by atoms with Gasteiger partial charge >= 0.3 is 5.97 Å². The molecule has 0 aliphatic rings. The first kappa shape index (κ1) is 10.5. The Hall–Kier alpha value is -1.57. The summed E-state index contributed by atoms with van der Waals surface area (Å²) in [6, 6.07) is 10.1. The molecule has 74 valence electrons. The fraction of sp³-hybridized carbons (Fsp3) is 0.250. The summed E-state index contributed by atoms with van der Waals surface area (Å²) in [4.78, 5) is 10.5. The van der Waals surface area contributed by atoms with E-state index in [0.29, 0.717) is 0 Å². The minimum Gasteiger partial charge on any atom is -0.435 e. The van der Waals surface area contributed by atoms with E-state index in [4.69, 9.17) is 4.74 Å². The first-order valence-electron chi connectivity index (χ1n) is 4.59. The number of carbonyl (C=O) groups is 1. The molecule has 0 fully saturated rings. The van der Waals surface area contributed by atoms with Gasteiger partial charge in [0.2, 0.25) is 0 Å². The SMILES string of the molecule is CC(=O)OC=CC(C)c1ccccc1. The summed E-state index contributed by atoms with van der Waals surface area (Å²) >= 11 is 0. The molecule has 0 N–H and O–H groups in total. The van der Waals surface area contributed by atoms with Gasteiger partial charge in [-0.1, -0.05) is 37.3 Å². The van der Waals surface area contributed by atoms with E-state index in [-0.39, 0.29) is 11.9 Å². The average Bonchev–Trinajstić information content (AvgIpc) is 2.18.